The van der Waals surface area contributed by atoms with Crippen molar-refractivity contribution in [1.82, 2.24) is 5.32 Å². The molecule has 1 aliphatic rings. The zero-order valence-corrected chi connectivity index (χ0v) is 19.0. The molecule has 33 heavy (non-hydrogen) atoms. The molecule has 12 heteroatoms. The number of carbonyl (C=O) groups is 3. The number of hydrogen-bond donors (Lipinski definition) is 3. The van der Waals surface area contributed by atoms with Gasteiger partial charge >= 0.3 is 19.1 Å². The van der Waals surface area contributed by atoms with Crippen LogP contribution in [-0.2, 0) is 30.8 Å². The molecule has 0 fully saturated rings. The number of nitrogens with one attached hydrogen (secondary N) is 1. The van der Waals surface area contributed by atoms with Crippen molar-refractivity contribution in [2.75, 3.05) is 0 Å². The SMILES string of the molecule is Cc1c(C(=O)N[C@H](C(=O)OC(=O)c2ccc(S(N)(=O)=O)cc2)C(C)C)ccc2c1B(O)OC2. The molecule has 3 rings (SSSR count). The Morgan fingerprint density at radius 3 is 2.36 bits per heavy atom. The molecule has 1 heterocycles. The van der Waals surface area contributed by atoms with Crippen LogP contribution >= 0.6 is 0 Å². The monoisotopic (exact) mass is 474 g/mol. The maximum absolute atomic E-state index is 12.9. The summed E-state index contributed by atoms with van der Waals surface area (Å²) in [7, 11) is -5.06. The predicted octanol–water partition coefficient (Wildman–Crippen LogP) is -0.00188. The molecule has 1 atom stereocenters. The van der Waals surface area contributed by atoms with Crippen LogP contribution in [0.1, 0.15) is 45.7 Å². The molecule has 0 unspecified atom stereocenters. The summed E-state index contributed by atoms with van der Waals surface area (Å²) in [5.41, 5.74) is 2.01. The van der Waals surface area contributed by atoms with Gasteiger partial charge < -0.3 is 19.7 Å². The van der Waals surface area contributed by atoms with Crippen LogP contribution < -0.4 is 15.9 Å². The van der Waals surface area contributed by atoms with E-state index in [4.69, 9.17) is 14.5 Å². The Bertz CT molecular complexity index is 1210. The van der Waals surface area contributed by atoms with Gasteiger partial charge in [-0.3, -0.25) is 4.79 Å². The van der Waals surface area contributed by atoms with Crippen molar-refractivity contribution < 1.29 is 37.2 Å². The molecular formula is C21H23BN2O8S. The second-order valence-electron chi connectivity index (χ2n) is 7.95. The summed E-state index contributed by atoms with van der Waals surface area (Å²) in [6.07, 6.45) is 0. The first-order valence-electron chi connectivity index (χ1n) is 10.0. The third-order valence-electron chi connectivity index (χ3n) is 5.31. The number of benzene rings is 2. The third-order valence-corrected chi connectivity index (χ3v) is 6.24. The second kappa shape index (κ2) is 9.44. The highest BCUT2D eigenvalue weighted by Gasteiger charge is 2.33. The number of amides is 1. The molecule has 0 saturated carbocycles. The number of fused-ring (bicyclic) bond motifs is 1. The average Bonchev–Trinajstić information content (AvgIpc) is 3.12. The molecule has 1 aliphatic heterocycles. The quantitative estimate of drug-likeness (QED) is 0.299. The highest BCUT2D eigenvalue weighted by atomic mass is 32.2. The summed E-state index contributed by atoms with van der Waals surface area (Å²) >= 11 is 0. The molecule has 2 aromatic rings. The second-order valence-corrected chi connectivity index (χ2v) is 9.51. The molecule has 4 N–H and O–H groups in total. The fourth-order valence-corrected chi connectivity index (χ4v) is 3.98. The Balaban J connectivity index is 1.74. The lowest BCUT2D eigenvalue weighted by molar-refractivity contribution is -0.141. The molecule has 0 saturated heterocycles. The van der Waals surface area contributed by atoms with Gasteiger partial charge in [0, 0.05) is 5.56 Å². The lowest BCUT2D eigenvalue weighted by atomic mass is 9.75. The van der Waals surface area contributed by atoms with Crippen molar-refractivity contribution in [1.29, 1.82) is 0 Å². The van der Waals surface area contributed by atoms with Gasteiger partial charge in [-0.25, -0.2) is 23.1 Å². The first kappa shape index (κ1) is 24.6. The molecule has 174 valence electrons. The van der Waals surface area contributed by atoms with Crippen molar-refractivity contribution in [2.45, 2.75) is 38.3 Å². The molecule has 2 aromatic carbocycles. The van der Waals surface area contributed by atoms with Gasteiger partial charge in [0.2, 0.25) is 10.0 Å². The van der Waals surface area contributed by atoms with Gasteiger partial charge in [0.25, 0.3) is 5.91 Å². The highest BCUT2D eigenvalue weighted by molar-refractivity contribution is 7.89. The molecule has 0 aromatic heterocycles. The van der Waals surface area contributed by atoms with E-state index in [2.05, 4.69) is 5.32 Å². The molecule has 0 bridgehead atoms. The van der Waals surface area contributed by atoms with Crippen LogP contribution in [-0.4, -0.2) is 44.4 Å². The lowest BCUT2D eigenvalue weighted by Gasteiger charge is -2.21. The van der Waals surface area contributed by atoms with Crippen molar-refractivity contribution in [3.63, 3.8) is 0 Å². The van der Waals surface area contributed by atoms with E-state index >= 15 is 0 Å². The van der Waals surface area contributed by atoms with Crippen molar-refractivity contribution in [3.05, 3.63) is 58.7 Å². The normalized spacial score (nSPS) is 14.1. The van der Waals surface area contributed by atoms with E-state index in [-0.39, 0.29) is 22.6 Å². The number of esters is 2. The van der Waals surface area contributed by atoms with Gasteiger partial charge in [-0.2, -0.15) is 0 Å². The van der Waals surface area contributed by atoms with Crippen LogP contribution in [0.25, 0.3) is 0 Å². The first-order valence-corrected chi connectivity index (χ1v) is 11.6. The van der Waals surface area contributed by atoms with Gasteiger partial charge in [0.15, 0.2) is 0 Å². The Morgan fingerprint density at radius 2 is 1.79 bits per heavy atom. The fourth-order valence-electron chi connectivity index (χ4n) is 3.46. The van der Waals surface area contributed by atoms with Crippen molar-refractivity contribution in [3.8, 4) is 0 Å². The van der Waals surface area contributed by atoms with Gasteiger partial charge in [0.1, 0.15) is 6.04 Å². The smallest absolute Gasteiger partial charge is 0.423 e. The number of carbonyl (C=O) groups excluding carboxylic acids is 3. The highest BCUT2D eigenvalue weighted by Crippen LogP contribution is 2.17. The number of hydrogen-bond acceptors (Lipinski definition) is 8. The number of sulfonamides is 1. The van der Waals surface area contributed by atoms with Gasteiger partial charge in [-0.1, -0.05) is 19.9 Å². The van der Waals surface area contributed by atoms with Gasteiger partial charge in [0.05, 0.1) is 17.1 Å². The van der Waals surface area contributed by atoms with E-state index in [9.17, 15) is 27.8 Å². The zero-order valence-electron chi connectivity index (χ0n) is 18.2. The summed E-state index contributed by atoms with van der Waals surface area (Å²) in [5, 5.41) is 17.6. The first-order chi connectivity index (χ1) is 15.4. The average molecular weight is 474 g/mol. The Kier molecular flexibility index (Phi) is 7.03. The maximum Gasteiger partial charge on any atom is 0.492 e. The topological polar surface area (TPSA) is 162 Å². The minimum Gasteiger partial charge on any atom is -0.423 e. The largest absolute Gasteiger partial charge is 0.492 e. The minimum atomic E-state index is -3.93. The van der Waals surface area contributed by atoms with E-state index < -0.39 is 46.9 Å². The standard InChI is InChI=1S/C21H23BN2O8S/c1-11(2)18(21(27)32-20(26)13-4-7-15(8-5-13)33(23,29)30)24-19(25)16-9-6-14-10-31-22(28)17(14)12(16)3/h4-9,11,18,28H,10H2,1-3H3,(H,24,25)(H2,23,29,30)/t18-/m0/s1. The Morgan fingerprint density at radius 1 is 1.15 bits per heavy atom. The number of rotatable bonds is 6. The van der Waals surface area contributed by atoms with Crippen molar-refractivity contribution in [2.24, 2.45) is 11.1 Å². The van der Waals surface area contributed by atoms with Crippen LogP contribution in [0.4, 0.5) is 0 Å². The molecule has 10 nitrogen and oxygen atoms in total. The van der Waals surface area contributed by atoms with E-state index in [1.54, 1.807) is 32.9 Å². The van der Waals surface area contributed by atoms with Crippen LogP contribution in [0.5, 0.6) is 0 Å². The maximum atomic E-state index is 12.9. The Hall–Kier alpha value is -3.06. The summed E-state index contributed by atoms with van der Waals surface area (Å²) in [6, 6.07) is 6.68. The van der Waals surface area contributed by atoms with Crippen molar-refractivity contribution >= 4 is 40.5 Å². The fraction of sp³-hybridized carbons (Fsp3) is 0.286. The number of ether oxygens (including phenoxy) is 1. The molecule has 0 spiro atoms. The number of nitrogens with two attached hydrogens (primary N) is 1. The number of primary sulfonamides is 1. The van der Waals surface area contributed by atoms with E-state index in [1.807, 2.05) is 0 Å². The zero-order chi connectivity index (χ0) is 24.5. The summed E-state index contributed by atoms with van der Waals surface area (Å²) in [5.74, 6) is -2.96. The molecule has 0 radical (unpaired) electrons. The van der Waals surface area contributed by atoms with Crippen LogP contribution in [0, 0.1) is 12.8 Å². The molecule has 1 amide bonds. The lowest BCUT2D eigenvalue weighted by Crippen LogP contribution is -2.46. The van der Waals surface area contributed by atoms with Crippen LogP contribution in [0.15, 0.2) is 41.3 Å². The molecule has 0 aliphatic carbocycles. The van der Waals surface area contributed by atoms with E-state index in [0.29, 0.717) is 11.0 Å². The summed E-state index contributed by atoms with van der Waals surface area (Å²) < 4.78 is 32.7. The predicted molar refractivity (Wildman–Crippen MR) is 118 cm³/mol. The summed E-state index contributed by atoms with van der Waals surface area (Å²) in [4.78, 5) is 37.7. The summed E-state index contributed by atoms with van der Waals surface area (Å²) in [6.45, 7) is 5.25. The van der Waals surface area contributed by atoms with E-state index in [0.717, 1.165) is 17.7 Å². The van der Waals surface area contributed by atoms with Gasteiger partial charge in [-0.05, 0) is 59.8 Å². The minimum absolute atomic E-state index is 0.0620. The van der Waals surface area contributed by atoms with E-state index in [1.165, 1.54) is 12.1 Å². The van der Waals surface area contributed by atoms with Gasteiger partial charge in [-0.15, -0.1) is 0 Å². The van der Waals surface area contributed by atoms with Crippen LogP contribution in [0.2, 0.25) is 0 Å². The van der Waals surface area contributed by atoms with Crippen LogP contribution in [0.3, 0.4) is 0 Å². The Labute approximate surface area is 191 Å². The third kappa shape index (κ3) is 5.30. The molecular weight excluding hydrogens is 451 g/mol.